The van der Waals surface area contributed by atoms with Gasteiger partial charge in [-0.05, 0) is 24.7 Å². The van der Waals surface area contributed by atoms with Crippen LogP contribution in [0.5, 0.6) is 0 Å². The summed E-state index contributed by atoms with van der Waals surface area (Å²) in [4.78, 5) is 0. The second kappa shape index (κ2) is 2.68. The Morgan fingerprint density at radius 3 is 2.33 bits per heavy atom. The molecule has 0 spiro atoms. The van der Waals surface area contributed by atoms with E-state index < -0.39 is 6.17 Å². The zero-order valence-electron chi connectivity index (χ0n) is 6.23. The van der Waals surface area contributed by atoms with Gasteiger partial charge in [-0.25, -0.2) is 4.39 Å². The van der Waals surface area contributed by atoms with Crippen molar-refractivity contribution < 1.29 is 4.39 Å². The first-order valence-corrected chi connectivity index (χ1v) is 3.84. The van der Waals surface area contributed by atoms with Crippen molar-refractivity contribution in [1.82, 2.24) is 0 Å². The molecule has 1 rings (SSSR count). The summed E-state index contributed by atoms with van der Waals surface area (Å²) in [6, 6.07) is 0. The molecule has 0 aliphatic heterocycles. The number of rotatable bonds is 0. The van der Waals surface area contributed by atoms with E-state index in [1.54, 1.807) is 0 Å². The molecular weight excluding hydrogens is 115 g/mol. The molecule has 1 saturated carbocycles. The average molecular weight is 130 g/mol. The summed E-state index contributed by atoms with van der Waals surface area (Å²) >= 11 is 0. The van der Waals surface area contributed by atoms with E-state index in [9.17, 15) is 4.39 Å². The van der Waals surface area contributed by atoms with Gasteiger partial charge in [-0.15, -0.1) is 0 Å². The molecule has 1 aliphatic carbocycles. The van der Waals surface area contributed by atoms with Crippen LogP contribution in [0.25, 0.3) is 0 Å². The number of halogens is 1. The summed E-state index contributed by atoms with van der Waals surface area (Å²) in [5, 5.41) is 0. The van der Waals surface area contributed by atoms with E-state index in [0.717, 1.165) is 12.8 Å². The van der Waals surface area contributed by atoms with Gasteiger partial charge in [-0.3, -0.25) is 0 Å². The van der Waals surface area contributed by atoms with Crippen LogP contribution in [0.3, 0.4) is 0 Å². The molecule has 9 heavy (non-hydrogen) atoms. The van der Waals surface area contributed by atoms with Crippen molar-refractivity contribution in [3.8, 4) is 0 Å². The predicted octanol–water partition coefficient (Wildman–Crippen LogP) is 2.78. The Morgan fingerprint density at radius 1 is 1.22 bits per heavy atom. The average Bonchev–Trinajstić information content (AvgIpc) is 1.80. The zero-order valence-corrected chi connectivity index (χ0v) is 6.23. The first kappa shape index (κ1) is 7.04. The van der Waals surface area contributed by atoms with Crippen LogP contribution >= 0.6 is 0 Å². The van der Waals surface area contributed by atoms with Gasteiger partial charge in [0, 0.05) is 0 Å². The van der Waals surface area contributed by atoms with Gasteiger partial charge in [0.2, 0.25) is 0 Å². The van der Waals surface area contributed by atoms with Crippen LogP contribution in [0, 0.1) is 11.8 Å². The quantitative estimate of drug-likeness (QED) is 0.473. The van der Waals surface area contributed by atoms with E-state index >= 15 is 0 Å². The second-order valence-electron chi connectivity index (χ2n) is 3.41. The van der Waals surface area contributed by atoms with Crippen LogP contribution in [0.1, 0.15) is 33.1 Å². The molecule has 0 bridgehead atoms. The van der Waals surface area contributed by atoms with Gasteiger partial charge in [0.25, 0.3) is 0 Å². The smallest absolute Gasteiger partial charge is 0.103 e. The fourth-order valence-electron chi connectivity index (χ4n) is 1.46. The van der Waals surface area contributed by atoms with E-state index in [2.05, 4.69) is 6.92 Å². The summed E-state index contributed by atoms with van der Waals surface area (Å²) in [6.07, 6.45) is 2.58. The minimum atomic E-state index is -0.520. The summed E-state index contributed by atoms with van der Waals surface area (Å²) in [6.45, 7) is 4.15. The Hall–Kier alpha value is -0.0700. The van der Waals surface area contributed by atoms with Crippen LogP contribution in [-0.2, 0) is 0 Å². The molecule has 0 aromatic rings. The zero-order chi connectivity index (χ0) is 6.85. The van der Waals surface area contributed by atoms with Gasteiger partial charge in [0.05, 0.1) is 0 Å². The monoisotopic (exact) mass is 130 g/mol. The molecule has 0 amide bonds. The molecule has 0 aromatic carbocycles. The van der Waals surface area contributed by atoms with E-state index in [1.807, 2.05) is 6.92 Å². The van der Waals surface area contributed by atoms with Crippen molar-refractivity contribution in [2.75, 3.05) is 0 Å². The van der Waals surface area contributed by atoms with Crippen LogP contribution < -0.4 is 0 Å². The third-order valence-corrected chi connectivity index (χ3v) is 2.36. The highest BCUT2D eigenvalue weighted by atomic mass is 19.1. The fourth-order valence-corrected chi connectivity index (χ4v) is 1.46. The van der Waals surface area contributed by atoms with Gasteiger partial charge in [0.1, 0.15) is 6.17 Å². The van der Waals surface area contributed by atoms with E-state index in [1.165, 1.54) is 6.42 Å². The molecule has 0 saturated heterocycles. The number of hydrogen-bond donors (Lipinski definition) is 0. The fraction of sp³-hybridized carbons (Fsp3) is 1.00. The Balaban J connectivity index is 2.35. The van der Waals surface area contributed by atoms with Gasteiger partial charge in [0.15, 0.2) is 0 Å². The van der Waals surface area contributed by atoms with Crippen LogP contribution in [-0.4, -0.2) is 6.17 Å². The Labute approximate surface area is 56.5 Å². The van der Waals surface area contributed by atoms with Gasteiger partial charge >= 0.3 is 0 Å². The number of alkyl halides is 1. The Morgan fingerprint density at radius 2 is 1.89 bits per heavy atom. The van der Waals surface area contributed by atoms with Crippen molar-refractivity contribution in [1.29, 1.82) is 0 Å². The molecule has 1 heteroatoms. The molecule has 0 radical (unpaired) electrons. The first-order valence-electron chi connectivity index (χ1n) is 3.84. The maximum atomic E-state index is 12.8. The maximum absolute atomic E-state index is 12.8. The lowest BCUT2D eigenvalue weighted by Crippen LogP contribution is -2.22. The minimum absolute atomic E-state index is 0.321. The van der Waals surface area contributed by atoms with E-state index in [4.69, 9.17) is 0 Å². The predicted molar refractivity (Wildman–Crippen MR) is 37.1 cm³/mol. The maximum Gasteiger partial charge on any atom is 0.103 e. The molecule has 54 valence electrons. The van der Waals surface area contributed by atoms with E-state index in [-0.39, 0.29) is 0 Å². The highest BCUT2D eigenvalue weighted by molar-refractivity contribution is 4.74. The molecule has 0 nitrogen and oxygen atoms in total. The van der Waals surface area contributed by atoms with Crippen molar-refractivity contribution in [2.45, 2.75) is 39.3 Å². The first-order chi connectivity index (χ1) is 4.20. The van der Waals surface area contributed by atoms with Crippen molar-refractivity contribution >= 4 is 0 Å². The highest BCUT2D eigenvalue weighted by Crippen LogP contribution is 2.30. The molecule has 0 aromatic heterocycles. The topological polar surface area (TPSA) is 0 Å². The standard InChI is InChI=1S/C8H15F/c1-6-3-4-7(2)8(9)5-6/h6-8H,3-5H2,1-2H3/t6?,7-,8?/m1/s1. The van der Waals surface area contributed by atoms with Crippen molar-refractivity contribution in [2.24, 2.45) is 11.8 Å². The molecule has 1 aliphatic rings. The molecular formula is C8H15F. The van der Waals surface area contributed by atoms with Crippen LogP contribution in [0.2, 0.25) is 0 Å². The normalized spacial score (nSPS) is 45.0. The lowest BCUT2D eigenvalue weighted by atomic mass is 9.83. The summed E-state index contributed by atoms with van der Waals surface area (Å²) in [7, 11) is 0. The lowest BCUT2D eigenvalue weighted by Gasteiger charge is -2.26. The summed E-state index contributed by atoms with van der Waals surface area (Å²) in [5.74, 6) is 0.942. The minimum Gasteiger partial charge on any atom is -0.247 e. The second-order valence-corrected chi connectivity index (χ2v) is 3.41. The highest BCUT2D eigenvalue weighted by Gasteiger charge is 2.24. The van der Waals surface area contributed by atoms with Gasteiger partial charge < -0.3 is 0 Å². The third kappa shape index (κ3) is 1.67. The third-order valence-electron chi connectivity index (χ3n) is 2.36. The van der Waals surface area contributed by atoms with E-state index in [0.29, 0.717) is 11.8 Å². The van der Waals surface area contributed by atoms with Crippen molar-refractivity contribution in [3.63, 3.8) is 0 Å². The van der Waals surface area contributed by atoms with Crippen molar-refractivity contribution in [3.05, 3.63) is 0 Å². The Kier molecular flexibility index (Phi) is 2.09. The molecule has 1 fully saturated rings. The Bertz CT molecular complexity index is 90.6. The number of hydrogen-bond acceptors (Lipinski definition) is 0. The van der Waals surface area contributed by atoms with Crippen LogP contribution in [0.15, 0.2) is 0 Å². The largest absolute Gasteiger partial charge is 0.247 e. The molecule has 0 N–H and O–H groups in total. The summed E-state index contributed by atoms with van der Waals surface area (Å²) in [5.41, 5.74) is 0. The van der Waals surface area contributed by atoms with Gasteiger partial charge in [-0.1, -0.05) is 20.3 Å². The lowest BCUT2D eigenvalue weighted by molar-refractivity contribution is 0.145. The SMILES string of the molecule is CC1CC[C@@H](C)C(F)C1. The summed E-state index contributed by atoms with van der Waals surface area (Å²) < 4.78 is 12.8. The molecule has 2 unspecified atom stereocenters. The van der Waals surface area contributed by atoms with Gasteiger partial charge in [-0.2, -0.15) is 0 Å². The molecule has 0 heterocycles. The van der Waals surface area contributed by atoms with Crippen LogP contribution in [0.4, 0.5) is 4.39 Å². The molecule has 3 atom stereocenters.